The van der Waals surface area contributed by atoms with Gasteiger partial charge in [-0.2, -0.15) is 23.3 Å². The number of ether oxygens (including phenoxy) is 1. The zero-order chi connectivity index (χ0) is 12.6. The van der Waals surface area contributed by atoms with Crippen LogP contribution >= 0.6 is 0 Å². The second kappa shape index (κ2) is 3.93. The minimum absolute atomic E-state index is 0.0637. The minimum Gasteiger partial charge on any atom is -0.451 e. The highest BCUT2D eigenvalue weighted by molar-refractivity contribution is 5.89. The maximum atomic E-state index is 12.6. The predicted molar refractivity (Wildman–Crippen MR) is 47.6 cm³/mol. The van der Waals surface area contributed by atoms with E-state index in [1.807, 2.05) is 0 Å². The summed E-state index contributed by atoms with van der Waals surface area (Å²) in [5, 5.41) is 12.8. The van der Waals surface area contributed by atoms with E-state index in [1.54, 1.807) is 6.92 Å². The first-order chi connectivity index (χ1) is 7.26. The Morgan fingerprint density at radius 1 is 1.69 bits per heavy atom. The Morgan fingerprint density at radius 3 is 2.62 bits per heavy atom. The van der Waals surface area contributed by atoms with Gasteiger partial charge in [-0.1, -0.05) is 6.92 Å². The molecule has 92 valence electrons. The first-order valence-corrected chi connectivity index (χ1v) is 4.50. The maximum absolute atomic E-state index is 12.6. The summed E-state index contributed by atoms with van der Waals surface area (Å²) in [6.45, 7) is 1.58. The molecule has 0 bridgehead atoms. The van der Waals surface area contributed by atoms with Crippen LogP contribution in [0.25, 0.3) is 0 Å². The number of hydrazone groups is 1. The Morgan fingerprint density at radius 2 is 2.25 bits per heavy atom. The predicted octanol–water partition coefficient (Wildman–Crippen LogP) is 1.48. The van der Waals surface area contributed by atoms with Gasteiger partial charge in [0.15, 0.2) is 0 Å². The van der Waals surface area contributed by atoms with Gasteiger partial charge in [-0.3, -0.25) is 0 Å². The van der Waals surface area contributed by atoms with Crippen molar-refractivity contribution in [2.75, 3.05) is 7.11 Å². The highest BCUT2D eigenvalue weighted by Gasteiger charge is 2.63. The van der Waals surface area contributed by atoms with Crippen LogP contribution in [-0.2, 0) is 4.74 Å². The number of halogens is 3. The fraction of sp³-hybridized carbons (Fsp3) is 0.750. The number of methoxy groups -OCH3 is 1. The van der Waals surface area contributed by atoms with Crippen LogP contribution < -0.4 is 0 Å². The van der Waals surface area contributed by atoms with Crippen molar-refractivity contribution in [1.29, 1.82) is 0 Å². The average molecular weight is 240 g/mol. The molecule has 0 unspecified atom stereocenters. The van der Waals surface area contributed by atoms with E-state index in [0.29, 0.717) is 0 Å². The highest BCUT2D eigenvalue weighted by atomic mass is 19.4. The first kappa shape index (κ1) is 12.8. The van der Waals surface area contributed by atoms with Crippen LogP contribution in [0.2, 0.25) is 0 Å². The maximum Gasteiger partial charge on any atom is 0.439 e. The van der Waals surface area contributed by atoms with Gasteiger partial charge in [0.05, 0.1) is 7.11 Å². The Kier molecular flexibility index (Phi) is 3.13. The van der Waals surface area contributed by atoms with Gasteiger partial charge in [-0.25, -0.2) is 4.79 Å². The molecule has 0 spiro atoms. The summed E-state index contributed by atoms with van der Waals surface area (Å²) in [4.78, 5) is 11.1. The zero-order valence-corrected chi connectivity index (χ0v) is 8.71. The molecule has 0 aromatic heterocycles. The second-order valence-electron chi connectivity index (χ2n) is 3.29. The van der Waals surface area contributed by atoms with Crippen LogP contribution in [0.1, 0.15) is 19.8 Å². The number of aliphatic hydroxyl groups is 1. The van der Waals surface area contributed by atoms with Gasteiger partial charge in [0.25, 0.3) is 5.72 Å². The summed E-state index contributed by atoms with van der Waals surface area (Å²) in [6.07, 6.45) is -6.86. The number of carbonyl (C=O) groups is 1. The third-order valence-corrected chi connectivity index (χ3v) is 2.25. The van der Waals surface area contributed by atoms with E-state index in [4.69, 9.17) is 0 Å². The molecule has 0 saturated heterocycles. The number of rotatable bonds is 1. The van der Waals surface area contributed by atoms with E-state index in [0.717, 1.165) is 7.11 Å². The summed E-state index contributed by atoms with van der Waals surface area (Å²) in [5.74, 6) is 0. The van der Waals surface area contributed by atoms with Crippen LogP contribution in [0.3, 0.4) is 0 Å². The number of amides is 1. The Hall–Kier alpha value is -1.31. The lowest BCUT2D eigenvalue weighted by molar-refractivity contribution is -0.299. The SMILES string of the molecule is CCC1=NN(C(=O)OC)[C@](O)(C(F)(F)F)C1. The molecule has 1 heterocycles. The van der Waals surface area contributed by atoms with Crippen LogP contribution in [0.4, 0.5) is 18.0 Å². The van der Waals surface area contributed by atoms with E-state index in [9.17, 15) is 23.1 Å². The summed E-state index contributed by atoms with van der Waals surface area (Å²) in [6, 6.07) is 0. The van der Waals surface area contributed by atoms with Crippen LogP contribution in [0.5, 0.6) is 0 Å². The smallest absolute Gasteiger partial charge is 0.439 e. The molecule has 1 aliphatic heterocycles. The molecule has 0 aliphatic carbocycles. The van der Waals surface area contributed by atoms with Crippen LogP contribution in [-0.4, -0.2) is 40.9 Å². The van der Waals surface area contributed by atoms with Crippen molar-refractivity contribution < 1.29 is 27.8 Å². The lowest BCUT2D eigenvalue weighted by atomic mass is 10.1. The molecule has 1 amide bonds. The lowest BCUT2D eigenvalue weighted by Crippen LogP contribution is -2.56. The molecule has 0 radical (unpaired) electrons. The summed E-state index contributed by atoms with van der Waals surface area (Å²) in [7, 11) is 0.915. The van der Waals surface area contributed by atoms with Crippen molar-refractivity contribution in [3.63, 3.8) is 0 Å². The molecule has 1 aliphatic rings. The zero-order valence-electron chi connectivity index (χ0n) is 8.71. The fourth-order valence-electron chi connectivity index (χ4n) is 1.31. The monoisotopic (exact) mass is 240 g/mol. The van der Waals surface area contributed by atoms with Crippen molar-refractivity contribution in [3.8, 4) is 0 Å². The third-order valence-electron chi connectivity index (χ3n) is 2.25. The molecule has 8 heteroatoms. The van der Waals surface area contributed by atoms with E-state index >= 15 is 0 Å². The van der Waals surface area contributed by atoms with Crippen molar-refractivity contribution in [3.05, 3.63) is 0 Å². The standard InChI is InChI=1S/C8H11F3N2O3/c1-3-5-4-7(15,8(9,10)11)13(12-5)6(14)16-2/h15H,3-4H2,1-2H3/t7-/m1/s1. The van der Waals surface area contributed by atoms with Crippen molar-refractivity contribution in [2.45, 2.75) is 31.7 Å². The van der Waals surface area contributed by atoms with Crippen molar-refractivity contribution in [1.82, 2.24) is 5.01 Å². The van der Waals surface area contributed by atoms with Gasteiger partial charge in [-0.05, 0) is 6.42 Å². The number of hydrogen-bond acceptors (Lipinski definition) is 4. The summed E-state index contributed by atoms with van der Waals surface area (Å²) in [5.41, 5.74) is -3.21. The Labute approximate surface area is 89.5 Å². The molecule has 16 heavy (non-hydrogen) atoms. The average Bonchev–Trinajstić information content (AvgIpc) is 2.55. The van der Waals surface area contributed by atoms with Gasteiger partial charge < -0.3 is 9.84 Å². The third kappa shape index (κ3) is 1.84. The largest absolute Gasteiger partial charge is 0.451 e. The van der Waals surface area contributed by atoms with Crippen LogP contribution in [0.15, 0.2) is 5.10 Å². The minimum atomic E-state index is -4.98. The quantitative estimate of drug-likeness (QED) is 0.755. The molecule has 0 aromatic carbocycles. The number of hydrogen-bond donors (Lipinski definition) is 1. The van der Waals surface area contributed by atoms with Gasteiger partial charge in [0.2, 0.25) is 0 Å². The molecule has 5 nitrogen and oxygen atoms in total. The van der Waals surface area contributed by atoms with E-state index in [1.165, 1.54) is 0 Å². The number of alkyl halides is 3. The second-order valence-corrected chi connectivity index (χ2v) is 3.29. The topological polar surface area (TPSA) is 62.1 Å². The molecule has 1 N–H and O–H groups in total. The summed E-state index contributed by atoms with van der Waals surface area (Å²) < 4.78 is 42.0. The van der Waals surface area contributed by atoms with Crippen molar-refractivity contribution in [2.24, 2.45) is 5.10 Å². The molecule has 1 rings (SSSR count). The van der Waals surface area contributed by atoms with Gasteiger partial charge in [0, 0.05) is 12.1 Å². The highest BCUT2D eigenvalue weighted by Crippen LogP contribution is 2.40. The van der Waals surface area contributed by atoms with Gasteiger partial charge >= 0.3 is 12.3 Å². The number of nitrogens with zero attached hydrogens (tertiary/aromatic N) is 2. The van der Waals surface area contributed by atoms with E-state index in [2.05, 4.69) is 9.84 Å². The van der Waals surface area contributed by atoms with E-state index < -0.39 is 24.4 Å². The summed E-state index contributed by atoms with van der Waals surface area (Å²) >= 11 is 0. The fourth-order valence-corrected chi connectivity index (χ4v) is 1.31. The molecular weight excluding hydrogens is 229 g/mol. The Balaban J connectivity index is 3.08. The van der Waals surface area contributed by atoms with Crippen LogP contribution in [0, 0.1) is 0 Å². The number of carbonyl (C=O) groups excluding carboxylic acids is 1. The van der Waals surface area contributed by atoms with Crippen molar-refractivity contribution >= 4 is 11.8 Å². The van der Waals surface area contributed by atoms with Gasteiger partial charge in [-0.15, -0.1) is 0 Å². The normalized spacial score (nSPS) is 25.6. The molecule has 0 aromatic rings. The molecule has 0 fully saturated rings. The first-order valence-electron chi connectivity index (χ1n) is 4.50. The Bertz CT molecular complexity index is 329. The van der Waals surface area contributed by atoms with Gasteiger partial charge in [0.1, 0.15) is 0 Å². The van der Waals surface area contributed by atoms with E-state index in [-0.39, 0.29) is 17.1 Å². The lowest BCUT2D eigenvalue weighted by Gasteiger charge is -2.31. The molecular formula is C8H11F3N2O3. The molecule has 0 saturated carbocycles. The molecule has 1 atom stereocenters.